The fourth-order valence-electron chi connectivity index (χ4n) is 1.57. The molecule has 7 nitrogen and oxygen atoms in total. The lowest BCUT2D eigenvalue weighted by atomic mass is 10.2. The normalized spacial score (nSPS) is 27.8. The van der Waals surface area contributed by atoms with E-state index in [1.807, 2.05) is 0 Å². The van der Waals surface area contributed by atoms with E-state index in [1.54, 1.807) is 0 Å². The molecule has 17 heavy (non-hydrogen) atoms. The Hall–Kier alpha value is -1.34. The molecule has 0 bridgehead atoms. The molecule has 2 saturated heterocycles. The summed E-state index contributed by atoms with van der Waals surface area (Å²) in [5.74, 6) is -0.186. The molecule has 96 valence electrons. The molecule has 2 aliphatic rings. The summed E-state index contributed by atoms with van der Waals surface area (Å²) in [7, 11) is 0. The van der Waals surface area contributed by atoms with Gasteiger partial charge >= 0.3 is 12.1 Å². The molecule has 2 heterocycles. The number of hydrogen-bond donors (Lipinski definition) is 0. The van der Waals surface area contributed by atoms with Crippen molar-refractivity contribution in [2.75, 3.05) is 26.6 Å². The van der Waals surface area contributed by atoms with Crippen LogP contribution in [-0.4, -0.2) is 50.9 Å². The van der Waals surface area contributed by atoms with Gasteiger partial charge in [0.15, 0.2) is 6.10 Å². The van der Waals surface area contributed by atoms with Crippen LogP contribution in [0, 0.1) is 0 Å². The van der Waals surface area contributed by atoms with E-state index in [-0.39, 0.29) is 38.2 Å². The highest BCUT2D eigenvalue weighted by molar-refractivity contribution is 5.71. The molecule has 7 heteroatoms. The Balaban J connectivity index is 1.46. The van der Waals surface area contributed by atoms with Gasteiger partial charge < -0.3 is 23.7 Å². The van der Waals surface area contributed by atoms with Crippen LogP contribution in [0.15, 0.2) is 0 Å². The van der Waals surface area contributed by atoms with Crippen LogP contribution in [0.2, 0.25) is 0 Å². The molecular formula is C10H14O7. The van der Waals surface area contributed by atoms with Gasteiger partial charge in [0, 0.05) is 6.42 Å². The van der Waals surface area contributed by atoms with Gasteiger partial charge in [-0.15, -0.1) is 0 Å². The van der Waals surface area contributed by atoms with Gasteiger partial charge in [0.2, 0.25) is 0 Å². The van der Waals surface area contributed by atoms with E-state index < -0.39 is 6.16 Å². The molecule has 0 spiro atoms. The topological polar surface area (TPSA) is 80.3 Å². The Kier molecular flexibility index (Phi) is 4.16. The average Bonchev–Trinajstić information content (AvgIpc) is 2.88. The Morgan fingerprint density at radius 3 is 2.47 bits per heavy atom. The average molecular weight is 246 g/mol. The molecular weight excluding hydrogens is 232 g/mol. The molecule has 2 aliphatic heterocycles. The summed E-state index contributed by atoms with van der Waals surface area (Å²) in [4.78, 5) is 21.3. The summed E-state index contributed by atoms with van der Waals surface area (Å²) in [6, 6.07) is 0. The van der Waals surface area contributed by atoms with Crippen molar-refractivity contribution >= 4 is 12.1 Å². The van der Waals surface area contributed by atoms with Crippen molar-refractivity contribution in [2.24, 2.45) is 0 Å². The van der Waals surface area contributed by atoms with Crippen LogP contribution in [0.4, 0.5) is 4.79 Å². The number of esters is 1. The van der Waals surface area contributed by atoms with Crippen LogP contribution in [-0.2, 0) is 28.5 Å². The van der Waals surface area contributed by atoms with Crippen molar-refractivity contribution in [3.05, 3.63) is 0 Å². The van der Waals surface area contributed by atoms with Crippen molar-refractivity contribution in [1.29, 1.82) is 0 Å². The molecule has 0 saturated carbocycles. The third kappa shape index (κ3) is 3.86. The van der Waals surface area contributed by atoms with Crippen LogP contribution >= 0.6 is 0 Å². The number of rotatable bonds is 6. The summed E-state index contributed by atoms with van der Waals surface area (Å²) in [6.07, 6.45) is -0.0662. The summed E-state index contributed by atoms with van der Waals surface area (Å²) in [6.45, 7) is 0.837. The lowest BCUT2D eigenvalue weighted by Crippen LogP contribution is -2.21. The molecule has 0 radical (unpaired) electrons. The summed E-state index contributed by atoms with van der Waals surface area (Å²) in [5, 5.41) is 0. The summed E-state index contributed by atoms with van der Waals surface area (Å²) < 4.78 is 24.6. The van der Waals surface area contributed by atoms with E-state index >= 15 is 0 Å². The number of carbonyl (C=O) groups is 2. The Morgan fingerprint density at radius 1 is 1.12 bits per heavy atom. The minimum absolute atomic E-state index is 0.0715. The Labute approximate surface area is 97.9 Å². The van der Waals surface area contributed by atoms with E-state index in [0.717, 1.165) is 0 Å². The van der Waals surface area contributed by atoms with Crippen LogP contribution in [0.25, 0.3) is 0 Å². The molecule has 0 N–H and O–H groups in total. The molecule has 0 aromatic carbocycles. The minimum Gasteiger partial charge on any atom is -0.460 e. The lowest BCUT2D eigenvalue weighted by Gasteiger charge is -2.11. The van der Waals surface area contributed by atoms with E-state index in [0.29, 0.717) is 19.4 Å². The zero-order valence-electron chi connectivity index (χ0n) is 9.26. The van der Waals surface area contributed by atoms with Crippen LogP contribution < -0.4 is 0 Å². The molecule has 0 aromatic rings. The van der Waals surface area contributed by atoms with E-state index in [9.17, 15) is 9.59 Å². The standard InChI is InChI=1S/C10H14O7/c11-9-2-1-7(16-9)3-13-6-14-4-8-5-15-10(12)17-8/h7-8H,1-6H2. The number of carbonyl (C=O) groups excluding carboxylic acids is 2. The van der Waals surface area contributed by atoms with Gasteiger partial charge in [0.1, 0.15) is 19.5 Å². The van der Waals surface area contributed by atoms with Gasteiger partial charge in [-0.25, -0.2) is 4.79 Å². The number of hydrogen-bond acceptors (Lipinski definition) is 7. The maximum atomic E-state index is 10.8. The number of ether oxygens (including phenoxy) is 5. The largest absolute Gasteiger partial charge is 0.508 e. The molecule has 2 fully saturated rings. The highest BCUT2D eigenvalue weighted by Gasteiger charge is 2.25. The molecule has 2 unspecified atom stereocenters. The van der Waals surface area contributed by atoms with Crippen LogP contribution in [0.3, 0.4) is 0 Å². The van der Waals surface area contributed by atoms with E-state index in [4.69, 9.17) is 18.9 Å². The van der Waals surface area contributed by atoms with Gasteiger partial charge in [-0.2, -0.15) is 0 Å². The second-order valence-electron chi connectivity index (χ2n) is 3.81. The quantitative estimate of drug-likeness (QED) is 0.376. The Morgan fingerprint density at radius 2 is 1.88 bits per heavy atom. The predicted molar refractivity (Wildman–Crippen MR) is 52.1 cm³/mol. The summed E-state index contributed by atoms with van der Waals surface area (Å²) >= 11 is 0. The van der Waals surface area contributed by atoms with E-state index in [2.05, 4.69) is 4.74 Å². The van der Waals surface area contributed by atoms with Gasteiger partial charge in [0.25, 0.3) is 0 Å². The highest BCUT2D eigenvalue weighted by Crippen LogP contribution is 2.13. The third-order valence-corrected chi connectivity index (χ3v) is 2.39. The van der Waals surface area contributed by atoms with E-state index in [1.165, 1.54) is 0 Å². The molecule has 0 amide bonds. The zero-order valence-corrected chi connectivity index (χ0v) is 9.26. The minimum atomic E-state index is -0.669. The van der Waals surface area contributed by atoms with Crippen molar-refractivity contribution in [1.82, 2.24) is 0 Å². The second-order valence-corrected chi connectivity index (χ2v) is 3.81. The first-order valence-electron chi connectivity index (χ1n) is 5.42. The van der Waals surface area contributed by atoms with Gasteiger partial charge in [-0.1, -0.05) is 0 Å². The van der Waals surface area contributed by atoms with Crippen LogP contribution in [0.5, 0.6) is 0 Å². The van der Waals surface area contributed by atoms with Crippen molar-refractivity contribution in [3.63, 3.8) is 0 Å². The molecule has 0 aliphatic carbocycles. The first kappa shape index (κ1) is 12.1. The Bertz CT molecular complexity index is 262. The fourth-order valence-corrected chi connectivity index (χ4v) is 1.57. The predicted octanol–water partition coefficient (Wildman–Crippen LogP) is 0.218. The van der Waals surface area contributed by atoms with Crippen molar-refractivity contribution < 1.29 is 33.3 Å². The maximum Gasteiger partial charge on any atom is 0.508 e. The van der Waals surface area contributed by atoms with Crippen LogP contribution in [0.1, 0.15) is 12.8 Å². The van der Waals surface area contributed by atoms with Gasteiger partial charge in [-0.3, -0.25) is 4.79 Å². The third-order valence-electron chi connectivity index (χ3n) is 2.39. The molecule has 2 atom stereocenters. The smallest absolute Gasteiger partial charge is 0.460 e. The first-order chi connectivity index (χ1) is 8.24. The fraction of sp³-hybridized carbons (Fsp3) is 0.800. The lowest BCUT2D eigenvalue weighted by molar-refractivity contribution is -0.146. The van der Waals surface area contributed by atoms with Crippen molar-refractivity contribution in [2.45, 2.75) is 25.0 Å². The van der Waals surface area contributed by atoms with Crippen molar-refractivity contribution in [3.8, 4) is 0 Å². The maximum absolute atomic E-state index is 10.8. The molecule has 2 rings (SSSR count). The van der Waals surface area contributed by atoms with Gasteiger partial charge in [-0.05, 0) is 6.42 Å². The monoisotopic (exact) mass is 246 g/mol. The summed E-state index contributed by atoms with van der Waals surface area (Å²) in [5.41, 5.74) is 0. The molecule has 0 aromatic heterocycles. The first-order valence-corrected chi connectivity index (χ1v) is 5.42. The highest BCUT2D eigenvalue weighted by atomic mass is 16.8. The second kappa shape index (κ2) is 5.83. The zero-order chi connectivity index (χ0) is 12.1. The van der Waals surface area contributed by atoms with Gasteiger partial charge in [0.05, 0.1) is 13.2 Å². The SMILES string of the molecule is O=C1CCC(COCOCC2COC(=O)O2)O1. The number of cyclic esters (lactones) is 3.